The van der Waals surface area contributed by atoms with Crippen molar-refractivity contribution < 1.29 is 14.2 Å². The molecule has 0 aromatic heterocycles. The van der Waals surface area contributed by atoms with E-state index in [0.29, 0.717) is 12.0 Å². The first-order chi connectivity index (χ1) is 9.94. The second-order valence-electron chi connectivity index (χ2n) is 7.57. The molecule has 4 heteroatoms. The van der Waals surface area contributed by atoms with Crippen molar-refractivity contribution >= 4 is 0 Å². The van der Waals surface area contributed by atoms with Gasteiger partial charge < -0.3 is 19.5 Å². The molecule has 0 saturated carbocycles. The summed E-state index contributed by atoms with van der Waals surface area (Å²) in [5.41, 5.74) is -0.0950. The molecular weight excluding hydrogens is 266 g/mol. The highest BCUT2D eigenvalue weighted by atomic mass is 16.6. The van der Waals surface area contributed by atoms with Gasteiger partial charge in [0.1, 0.15) is 0 Å². The van der Waals surface area contributed by atoms with E-state index in [-0.39, 0.29) is 11.2 Å². The van der Waals surface area contributed by atoms with Gasteiger partial charge in [0.15, 0.2) is 0 Å². The van der Waals surface area contributed by atoms with Crippen LogP contribution in [-0.2, 0) is 14.2 Å². The predicted octanol–water partition coefficient (Wildman–Crippen LogP) is 2.76. The van der Waals surface area contributed by atoms with Crippen LogP contribution in [0.25, 0.3) is 0 Å². The summed E-state index contributed by atoms with van der Waals surface area (Å²) in [6.45, 7) is 12.9. The van der Waals surface area contributed by atoms with E-state index in [1.807, 2.05) is 0 Å². The second-order valence-corrected chi connectivity index (χ2v) is 7.57. The van der Waals surface area contributed by atoms with Gasteiger partial charge in [-0.05, 0) is 52.5 Å². The Morgan fingerprint density at radius 1 is 1.33 bits per heavy atom. The molecule has 0 amide bonds. The van der Waals surface area contributed by atoms with Gasteiger partial charge in [-0.3, -0.25) is 0 Å². The molecule has 2 aliphatic rings. The van der Waals surface area contributed by atoms with E-state index in [2.05, 4.69) is 33.0 Å². The maximum Gasteiger partial charge on any atom is 0.0939 e. The average Bonchev–Trinajstić information content (AvgIpc) is 2.85. The van der Waals surface area contributed by atoms with Crippen LogP contribution in [-0.4, -0.2) is 50.2 Å². The van der Waals surface area contributed by atoms with Crippen molar-refractivity contribution in [1.82, 2.24) is 5.32 Å². The molecule has 0 aromatic rings. The maximum atomic E-state index is 6.06. The summed E-state index contributed by atoms with van der Waals surface area (Å²) in [4.78, 5) is 0. The molecule has 3 unspecified atom stereocenters. The molecule has 124 valence electrons. The van der Waals surface area contributed by atoms with E-state index in [9.17, 15) is 0 Å². The molecule has 2 aliphatic heterocycles. The van der Waals surface area contributed by atoms with Crippen molar-refractivity contribution in [1.29, 1.82) is 0 Å². The Labute approximate surface area is 129 Å². The average molecular weight is 299 g/mol. The molecule has 0 aromatic carbocycles. The Balaban J connectivity index is 1.94. The smallest absolute Gasteiger partial charge is 0.0939 e. The highest BCUT2D eigenvalue weighted by Gasteiger charge is 2.43. The van der Waals surface area contributed by atoms with Crippen LogP contribution in [0.1, 0.15) is 53.4 Å². The largest absolute Gasteiger partial charge is 0.378 e. The van der Waals surface area contributed by atoms with Crippen molar-refractivity contribution in [3.05, 3.63) is 0 Å². The SMILES string of the molecule is CCCNC(COC(C)(C)C)C1CCOC2(CCOC2)C1. The van der Waals surface area contributed by atoms with Crippen LogP contribution in [0.4, 0.5) is 0 Å². The van der Waals surface area contributed by atoms with Crippen molar-refractivity contribution in [3.63, 3.8) is 0 Å². The minimum atomic E-state index is -0.0779. The molecule has 21 heavy (non-hydrogen) atoms. The number of rotatable bonds is 6. The van der Waals surface area contributed by atoms with Crippen LogP contribution in [0.3, 0.4) is 0 Å². The lowest BCUT2D eigenvalue weighted by molar-refractivity contribution is -0.111. The van der Waals surface area contributed by atoms with Crippen molar-refractivity contribution in [2.24, 2.45) is 5.92 Å². The van der Waals surface area contributed by atoms with Crippen molar-refractivity contribution in [2.45, 2.75) is 70.6 Å². The summed E-state index contributed by atoms with van der Waals surface area (Å²) in [7, 11) is 0. The third kappa shape index (κ3) is 5.20. The molecule has 2 heterocycles. The minimum Gasteiger partial charge on any atom is -0.378 e. The van der Waals surface area contributed by atoms with E-state index in [1.165, 1.54) is 0 Å². The summed E-state index contributed by atoms with van der Waals surface area (Å²) in [6, 6.07) is 0.422. The molecule has 0 aliphatic carbocycles. The van der Waals surface area contributed by atoms with E-state index >= 15 is 0 Å². The maximum absolute atomic E-state index is 6.06. The number of nitrogens with one attached hydrogen (secondary N) is 1. The van der Waals surface area contributed by atoms with E-state index < -0.39 is 0 Å². The van der Waals surface area contributed by atoms with Gasteiger partial charge >= 0.3 is 0 Å². The van der Waals surface area contributed by atoms with E-state index in [4.69, 9.17) is 14.2 Å². The number of hydrogen-bond donors (Lipinski definition) is 1. The topological polar surface area (TPSA) is 39.7 Å². The normalized spacial score (nSPS) is 31.7. The standard InChI is InChI=1S/C17H33NO3/c1-5-8-18-15(12-21-16(2,3)4)14-6-9-20-17(11-14)7-10-19-13-17/h14-15,18H,5-13H2,1-4H3. The molecule has 2 rings (SSSR count). The van der Waals surface area contributed by atoms with E-state index in [1.54, 1.807) is 0 Å². The first kappa shape index (κ1) is 17.2. The van der Waals surface area contributed by atoms with Gasteiger partial charge in [-0.1, -0.05) is 6.92 Å². The van der Waals surface area contributed by atoms with Gasteiger partial charge in [0.2, 0.25) is 0 Å². The van der Waals surface area contributed by atoms with Gasteiger partial charge in [0.05, 0.1) is 24.4 Å². The molecular formula is C17H33NO3. The van der Waals surface area contributed by atoms with Crippen LogP contribution in [0.15, 0.2) is 0 Å². The summed E-state index contributed by atoms with van der Waals surface area (Å²) >= 11 is 0. The number of ether oxygens (including phenoxy) is 3. The summed E-state index contributed by atoms with van der Waals surface area (Å²) in [6.07, 6.45) is 4.42. The highest BCUT2D eigenvalue weighted by molar-refractivity contribution is 4.94. The molecule has 3 atom stereocenters. The Kier molecular flexibility index (Phi) is 6.06. The lowest BCUT2D eigenvalue weighted by Crippen LogP contribution is -2.49. The fourth-order valence-corrected chi connectivity index (χ4v) is 3.30. The van der Waals surface area contributed by atoms with Crippen LogP contribution in [0.2, 0.25) is 0 Å². The summed E-state index contributed by atoms with van der Waals surface area (Å²) < 4.78 is 17.7. The van der Waals surface area contributed by atoms with Crippen LogP contribution >= 0.6 is 0 Å². The quantitative estimate of drug-likeness (QED) is 0.818. The third-order valence-corrected chi connectivity index (χ3v) is 4.52. The lowest BCUT2D eigenvalue weighted by Gasteiger charge is -2.41. The molecule has 2 saturated heterocycles. The zero-order valence-electron chi connectivity index (χ0n) is 14.2. The third-order valence-electron chi connectivity index (χ3n) is 4.52. The second kappa shape index (κ2) is 7.40. The van der Waals surface area contributed by atoms with Gasteiger partial charge in [-0.25, -0.2) is 0 Å². The fraction of sp³-hybridized carbons (Fsp3) is 1.00. The Bertz CT molecular complexity index is 308. The molecule has 1 spiro atoms. The zero-order valence-corrected chi connectivity index (χ0v) is 14.2. The van der Waals surface area contributed by atoms with Gasteiger partial charge in [-0.2, -0.15) is 0 Å². The molecule has 0 bridgehead atoms. The van der Waals surface area contributed by atoms with Gasteiger partial charge in [0, 0.05) is 25.7 Å². The highest BCUT2D eigenvalue weighted by Crippen LogP contribution is 2.37. The van der Waals surface area contributed by atoms with Crippen molar-refractivity contribution in [2.75, 3.05) is 33.0 Å². The summed E-state index contributed by atoms with van der Waals surface area (Å²) in [5.74, 6) is 0.620. The van der Waals surface area contributed by atoms with Crippen LogP contribution < -0.4 is 5.32 Å². The van der Waals surface area contributed by atoms with Gasteiger partial charge in [0.25, 0.3) is 0 Å². The Hall–Kier alpha value is -0.160. The number of hydrogen-bond acceptors (Lipinski definition) is 4. The first-order valence-electron chi connectivity index (χ1n) is 8.53. The van der Waals surface area contributed by atoms with Crippen LogP contribution in [0, 0.1) is 5.92 Å². The predicted molar refractivity (Wildman–Crippen MR) is 84.6 cm³/mol. The first-order valence-corrected chi connectivity index (χ1v) is 8.53. The Morgan fingerprint density at radius 3 is 2.76 bits per heavy atom. The molecule has 0 radical (unpaired) electrons. The molecule has 2 fully saturated rings. The Morgan fingerprint density at radius 2 is 2.14 bits per heavy atom. The van der Waals surface area contributed by atoms with Crippen LogP contribution in [0.5, 0.6) is 0 Å². The van der Waals surface area contributed by atoms with Gasteiger partial charge in [-0.15, -0.1) is 0 Å². The molecule has 1 N–H and O–H groups in total. The van der Waals surface area contributed by atoms with E-state index in [0.717, 1.165) is 58.7 Å². The monoisotopic (exact) mass is 299 g/mol. The lowest BCUT2D eigenvalue weighted by atomic mass is 9.81. The fourth-order valence-electron chi connectivity index (χ4n) is 3.30. The summed E-state index contributed by atoms with van der Waals surface area (Å²) in [5, 5.41) is 3.70. The van der Waals surface area contributed by atoms with Crippen molar-refractivity contribution in [3.8, 4) is 0 Å². The zero-order chi connectivity index (χ0) is 15.3. The molecule has 4 nitrogen and oxygen atoms in total. The minimum absolute atomic E-state index is 0.0171.